The van der Waals surface area contributed by atoms with E-state index in [9.17, 15) is 10.2 Å². The summed E-state index contributed by atoms with van der Waals surface area (Å²) in [7, 11) is 1.66. The van der Waals surface area contributed by atoms with E-state index < -0.39 is 0 Å². The van der Waals surface area contributed by atoms with Crippen LogP contribution in [0.1, 0.15) is 50.4 Å². The largest absolute Gasteiger partial charge is 0.507 e. The van der Waals surface area contributed by atoms with Gasteiger partial charge in [0.05, 0.1) is 18.6 Å². The van der Waals surface area contributed by atoms with Crippen molar-refractivity contribution < 1.29 is 19.7 Å². The van der Waals surface area contributed by atoms with Crippen LogP contribution in [0.4, 0.5) is 0 Å². The number of fused-ring (bicyclic) bond motifs is 2. The number of benzene rings is 3. The van der Waals surface area contributed by atoms with Gasteiger partial charge in [0.25, 0.3) is 0 Å². The predicted octanol–water partition coefficient (Wildman–Crippen LogP) is 5.62. The fourth-order valence-corrected chi connectivity index (χ4v) is 4.88. The Labute approximate surface area is 183 Å². The van der Waals surface area contributed by atoms with E-state index in [0.29, 0.717) is 6.42 Å². The van der Waals surface area contributed by atoms with E-state index in [1.165, 1.54) is 6.07 Å². The second kappa shape index (κ2) is 7.97. The zero-order valence-corrected chi connectivity index (χ0v) is 19.0. The highest BCUT2D eigenvalue weighted by atomic mass is 16.5. The van der Waals surface area contributed by atoms with E-state index in [0.717, 1.165) is 50.1 Å². The summed E-state index contributed by atoms with van der Waals surface area (Å²) in [6.45, 7) is 10.2. The highest BCUT2D eigenvalue weighted by Gasteiger charge is 2.29. The Bertz CT molecular complexity index is 1150. The molecular formula is C26H31NO4. The lowest BCUT2D eigenvalue weighted by Crippen LogP contribution is -2.36. The van der Waals surface area contributed by atoms with Gasteiger partial charge in [-0.1, -0.05) is 6.07 Å². The molecule has 3 aromatic rings. The first-order chi connectivity index (χ1) is 14.7. The van der Waals surface area contributed by atoms with Gasteiger partial charge in [0.15, 0.2) is 0 Å². The Morgan fingerprint density at radius 1 is 1.03 bits per heavy atom. The molecule has 0 amide bonds. The minimum Gasteiger partial charge on any atom is -0.507 e. The summed E-state index contributed by atoms with van der Waals surface area (Å²) in [6, 6.07) is 9.73. The van der Waals surface area contributed by atoms with Gasteiger partial charge in [0, 0.05) is 29.3 Å². The lowest BCUT2D eigenvalue weighted by molar-refractivity contribution is 0.245. The first kappa shape index (κ1) is 21.3. The van der Waals surface area contributed by atoms with Crippen LogP contribution in [-0.2, 0) is 6.42 Å². The number of hydrogen-bond acceptors (Lipinski definition) is 5. The summed E-state index contributed by atoms with van der Waals surface area (Å²) in [5.41, 5.74) is 4.56. The summed E-state index contributed by atoms with van der Waals surface area (Å²) >= 11 is 0. The maximum atomic E-state index is 11.0. The van der Waals surface area contributed by atoms with Gasteiger partial charge >= 0.3 is 0 Å². The average molecular weight is 422 g/mol. The Balaban J connectivity index is 2.09. The molecule has 0 unspecified atom stereocenters. The average Bonchev–Trinajstić information content (AvgIpc) is 2.67. The molecule has 0 saturated carbocycles. The van der Waals surface area contributed by atoms with Gasteiger partial charge in [-0.05, 0) is 81.3 Å². The fraction of sp³-hybridized carbons (Fsp3) is 0.385. The summed E-state index contributed by atoms with van der Waals surface area (Å²) in [6.07, 6.45) is 0.730. The third-order valence-electron chi connectivity index (χ3n) is 5.95. The zero-order valence-electron chi connectivity index (χ0n) is 19.0. The van der Waals surface area contributed by atoms with E-state index in [1.54, 1.807) is 7.11 Å². The molecule has 0 aliphatic carbocycles. The number of aryl methyl sites for hydroxylation is 1. The lowest BCUT2D eigenvalue weighted by Gasteiger charge is -2.32. The van der Waals surface area contributed by atoms with Gasteiger partial charge in [-0.2, -0.15) is 0 Å². The van der Waals surface area contributed by atoms with E-state index in [-0.39, 0.29) is 29.7 Å². The molecule has 0 saturated heterocycles. The van der Waals surface area contributed by atoms with E-state index >= 15 is 0 Å². The maximum Gasteiger partial charge on any atom is 0.131 e. The number of nitrogens with one attached hydrogen (secondary N) is 1. The molecule has 0 bridgehead atoms. The molecule has 164 valence electrons. The minimum atomic E-state index is -0.0100. The van der Waals surface area contributed by atoms with E-state index in [1.807, 2.05) is 45.9 Å². The molecule has 1 aliphatic rings. The van der Waals surface area contributed by atoms with Crippen LogP contribution in [0.2, 0.25) is 0 Å². The smallest absolute Gasteiger partial charge is 0.131 e. The van der Waals surface area contributed by atoms with Crippen molar-refractivity contribution in [2.24, 2.45) is 0 Å². The summed E-state index contributed by atoms with van der Waals surface area (Å²) in [5, 5.41) is 26.9. The number of rotatable bonds is 4. The Kier molecular flexibility index (Phi) is 5.48. The number of phenolic OH excluding ortho intramolecular Hbond substituents is 2. The third-order valence-corrected chi connectivity index (χ3v) is 5.95. The van der Waals surface area contributed by atoms with Crippen LogP contribution >= 0.6 is 0 Å². The molecule has 31 heavy (non-hydrogen) atoms. The number of methoxy groups -OCH3 is 1. The van der Waals surface area contributed by atoms with Crippen molar-refractivity contribution in [1.29, 1.82) is 0 Å². The van der Waals surface area contributed by atoms with Crippen molar-refractivity contribution >= 4 is 10.8 Å². The van der Waals surface area contributed by atoms with Gasteiger partial charge < -0.3 is 25.0 Å². The highest BCUT2D eigenvalue weighted by Crippen LogP contribution is 2.48. The summed E-state index contributed by atoms with van der Waals surface area (Å²) in [4.78, 5) is 0. The normalized spacial score (nSPS) is 18.3. The maximum absolute atomic E-state index is 11.0. The number of phenols is 2. The molecule has 5 heteroatoms. The van der Waals surface area contributed by atoms with Gasteiger partial charge in [-0.25, -0.2) is 0 Å². The molecule has 0 aromatic heterocycles. The van der Waals surface area contributed by atoms with Crippen LogP contribution < -0.4 is 14.8 Å². The third kappa shape index (κ3) is 3.68. The molecular weight excluding hydrogens is 390 g/mol. The van der Waals surface area contributed by atoms with E-state index in [2.05, 4.69) is 18.3 Å². The Morgan fingerprint density at radius 2 is 1.77 bits per heavy atom. The second-order valence-corrected chi connectivity index (χ2v) is 8.84. The molecule has 3 aromatic carbocycles. The highest BCUT2D eigenvalue weighted by molar-refractivity contribution is 6.05. The van der Waals surface area contributed by atoms with Gasteiger partial charge in [-0.3, -0.25) is 0 Å². The van der Waals surface area contributed by atoms with Crippen molar-refractivity contribution in [3.63, 3.8) is 0 Å². The predicted molar refractivity (Wildman–Crippen MR) is 124 cm³/mol. The molecule has 1 heterocycles. The molecule has 3 N–H and O–H groups in total. The van der Waals surface area contributed by atoms with Gasteiger partial charge in [0.2, 0.25) is 0 Å². The monoisotopic (exact) mass is 421 g/mol. The number of aromatic hydroxyl groups is 2. The Morgan fingerprint density at radius 3 is 2.45 bits per heavy atom. The van der Waals surface area contributed by atoms with Gasteiger partial charge in [0.1, 0.15) is 23.0 Å². The zero-order chi connectivity index (χ0) is 22.4. The first-order valence-electron chi connectivity index (χ1n) is 10.8. The SMILES string of the molecule is COc1cc(C)cc2c(-c3c(O)cc(O)c4c3C[C@@H](C)N[C@@H]4C)ccc(OC(C)C)c12. The molecule has 4 rings (SSSR count). The molecule has 0 spiro atoms. The van der Waals surface area contributed by atoms with Crippen LogP contribution in [0.15, 0.2) is 30.3 Å². The van der Waals surface area contributed by atoms with Crippen LogP contribution in [-0.4, -0.2) is 29.5 Å². The molecule has 0 fully saturated rings. The number of hydrogen-bond donors (Lipinski definition) is 3. The standard InChI is InChI=1S/C26H31NO4/c1-13(2)31-22-8-7-17(18-9-14(3)10-23(30-6)26(18)22)25-19-11-15(4)27-16(5)24(19)20(28)12-21(25)29/h7-10,12-13,15-16,27-29H,11H2,1-6H3/t15-,16-/m1/s1. The quantitative estimate of drug-likeness (QED) is 0.510. The van der Waals surface area contributed by atoms with Crippen LogP contribution in [0, 0.1) is 6.92 Å². The lowest BCUT2D eigenvalue weighted by atomic mass is 9.83. The van der Waals surface area contributed by atoms with Crippen molar-refractivity contribution in [3.05, 3.63) is 47.0 Å². The summed E-state index contributed by atoms with van der Waals surface area (Å²) < 4.78 is 11.8. The van der Waals surface area contributed by atoms with Crippen LogP contribution in [0.25, 0.3) is 21.9 Å². The van der Waals surface area contributed by atoms with Crippen LogP contribution in [0.5, 0.6) is 23.0 Å². The van der Waals surface area contributed by atoms with Crippen LogP contribution in [0.3, 0.4) is 0 Å². The molecule has 1 aliphatic heterocycles. The van der Waals surface area contributed by atoms with Gasteiger partial charge in [-0.15, -0.1) is 0 Å². The topological polar surface area (TPSA) is 71.0 Å². The van der Waals surface area contributed by atoms with Crippen molar-refractivity contribution in [2.45, 2.75) is 59.2 Å². The molecule has 5 nitrogen and oxygen atoms in total. The second-order valence-electron chi connectivity index (χ2n) is 8.84. The van der Waals surface area contributed by atoms with Crippen molar-refractivity contribution in [3.8, 4) is 34.1 Å². The fourth-order valence-electron chi connectivity index (χ4n) is 4.88. The first-order valence-corrected chi connectivity index (χ1v) is 10.8. The van der Waals surface area contributed by atoms with Crippen molar-refractivity contribution in [2.75, 3.05) is 7.11 Å². The Hall–Kier alpha value is -2.92. The van der Waals surface area contributed by atoms with Crippen molar-refractivity contribution in [1.82, 2.24) is 5.32 Å². The molecule has 2 atom stereocenters. The summed E-state index contributed by atoms with van der Waals surface area (Å²) in [5.74, 6) is 1.70. The molecule has 0 radical (unpaired) electrons. The number of ether oxygens (including phenoxy) is 2. The minimum absolute atomic E-state index is 0.0100. The van der Waals surface area contributed by atoms with E-state index in [4.69, 9.17) is 9.47 Å².